The van der Waals surface area contributed by atoms with E-state index in [0.717, 1.165) is 42.3 Å². The fraction of sp³-hybridized carbons (Fsp3) is 0.500. The van der Waals surface area contributed by atoms with Crippen molar-refractivity contribution in [1.82, 2.24) is 4.90 Å². The zero-order valence-electron chi connectivity index (χ0n) is 15.2. The highest BCUT2D eigenvalue weighted by atomic mass is 16.4. The number of primary amides is 1. The molecule has 0 saturated carbocycles. The molecule has 0 bridgehead atoms. The van der Waals surface area contributed by atoms with E-state index in [0.29, 0.717) is 18.0 Å². The maximum Gasteiger partial charge on any atom is 0.336 e. The number of likely N-dealkylation sites (tertiary alicyclic amines) is 1. The van der Waals surface area contributed by atoms with Crippen molar-refractivity contribution in [3.05, 3.63) is 45.3 Å². The largest absolute Gasteiger partial charge is 0.423 e. The quantitative estimate of drug-likeness (QED) is 0.866. The Hall–Kier alpha value is -2.14. The predicted octanol–water partition coefficient (Wildman–Crippen LogP) is 3.06. The zero-order chi connectivity index (χ0) is 18.1. The van der Waals surface area contributed by atoms with Crippen LogP contribution in [0.4, 0.5) is 0 Å². The number of hydrogen-bond donors (Lipinski definition) is 1. The molecule has 1 fully saturated rings. The molecule has 25 heavy (non-hydrogen) atoms. The van der Waals surface area contributed by atoms with E-state index in [4.69, 9.17) is 10.2 Å². The number of hydrogen-bond acceptors (Lipinski definition) is 4. The van der Waals surface area contributed by atoms with Gasteiger partial charge in [0.15, 0.2) is 0 Å². The summed E-state index contributed by atoms with van der Waals surface area (Å²) in [6.07, 6.45) is 2.84. The molecule has 1 aromatic carbocycles. The van der Waals surface area contributed by atoms with Gasteiger partial charge in [0.2, 0.25) is 5.91 Å². The van der Waals surface area contributed by atoms with Gasteiger partial charge in [-0.1, -0.05) is 20.3 Å². The summed E-state index contributed by atoms with van der Waals surface area (Å²) in [5, 5.41) is 0.947. The van der Waals surface area contributed by atoms with Gasteiger partial charge in [0.05, 0.1) is 6.04 Å². The summed E-state index contributed by atoms with van der Waals surface area (Å²) >= 11 is 0. The lowest BCUT2D eigenvalue weighted by Gasteiger charge is -2.33. The molecule has 1 saturated heterocycles. The lowest BCUT2D eigenvalue weighted by Crippen LogP contribution is -2.47. The molecule has 5 nitrogen and oxygen atoms in total. The van der Waals surface area contributed by atoms with Gasteiger partial charge in [0.1, 0.15) is 5.58 Å². The van der Waals surface area contributed by atoms with E-state index < -0.39 is 0 Å². The number of fused-ring (bicyclic) bond motifs is 1. The van der Waals surface area contributed by atoms with Crippen LogP contribution in [0.25, 0.3) is 11.0 Å². The number of nitrogens with two attached hydrogens (primary N) is 1. The van der Waals surface area contributed by atoms with Crippen molar-refractivity contribution in [1.29, 1.82) is 0 Å². The topological polar surface area (TPSA) is 76.5 Å². The van der Waals surface area contributed by atoms with Crippen LogP contribution in [0.15, 0.2) is 27.4 Å². The molecular formula is C20H26N2O3. The number of carbonyl (C=O) groups excluding carboxylic acids is 1. The first kappa shape index (κ1) is 17.7. The smallest absolute Gasteiger partial charge is 0.336 e. The van der Waals surface area contributed by atoms with E-state index in [1.165, 1.54) is 5.56 Å². The first-order valence-corrected chi connectivity index (χ1v) is 8.97. The van der Waals surface area contributed by atoms with Gasteiger partial charge in [-0.05, 0) is 61.1 Å². The van der Waals surface area contributed by atoms with Crippen LogP contribution in [-0.4, -0.2) is 23.4 Å². The molecule has 1 amide bonds. The van der Waals surface area contributed by atoms with Crippen molar-refractivity contribution in [3.63, 3.8) is 0 Å². The summed E-state index contributed by atoms with van der Waals surface area (Å²) in [5.41, 5.74) is 9.10. The second-order valence-corrected chi connectivity index (χ2v) is 7.33. The van der Waals surface area contributed by atoms with Crippen LogP contribution in [0.1, 0.15) is 55.7 Å². The standard InChI is InChI=1S/C20H26N2O3/c1-12(2)15-10-16-14(9-19(23)25-18(16)8-13(15)3)11-22-7-5-4-6-17(22)20(21)24/h8-10,12,17H,4-7,11H2,1-3H3,(H2,21,24)/t17-/m1/s1. The van der Waals surface area contributed by atoms with Crippen molar-refractivity contribution in [2.75, 3.05) is 6.54 Å². The third-order valence-electron chi connectivity index (χ3n) is 5.15. The van der Waals surface area contributed by atoms with Crippen molar-refractivity contribution in [2.24, 2.45) is 5.73 Å². The van der Waals surface area contributed by atoms with Crippen LogP contribution >= 0.6 is 0 Å². The average Bonchev–Trinajstić information content (AvgIpc) is 2.54. The Morgan fingerprint density at radius 1 is 1.32 bits per heavy atom. The highest BCUT2D eigenvalue weighted by Gasteiger charge is 2.27. The number of carbonyl (C=O) groups is 1. The number of amides is 1. The van der Waals surface area contributed by atoms with Gasteiger partial charge < -0.3 is 10.2 Å². The fourth-order valence-corrected chi connectivity index (χ4v) is 3.87. The van der Waals surface area contributed by atoms with Crippen LogP contribution < -0.4 is 11.4 Å². The maximum atomic E-state index is 12.0. The van der Waals surface area contributed by atoms with Gasteiger partial charge in [-0.2, -0.15) is 0 Å². The number of benzene rings is 1. The van der Waals surface area contributed by atoms with E-state index >= 15 is 0 Å². The van der Waals surface area contributed by atoms with E-state index in [1.807, 2.05) is 13.0 Å². The summed E-state index contributed by atoms with van der Waals surface area (Å²) in [6, 6.07) is 5.36. The molecule has 2 N–H and O–H groups in total. The second kappa shape index (κ2) is 7.00. The van der Waals surface area contributed by atoms with Crippen LogP contribution in [0, 0.1) is 6.92 Å². The van der Waals surface area contributed by atoms with Crippen molar-refractivity contribution in [2.45, 2.75) is 58.5 Å². The Morgan fingerprint density at radius 2 is 2.08 bits per heavy atom. The average molecular weight is 342 g/mol. The van der Waals surface area contributed by atoms with Crippen LogP contribution in [0.2, 0.25) is 0 Å². The van der Waals surface area contributed by atoms with E-state index in [-0.39, 0.29) is 17.6 Å². The molecule has 2 heterocycles. The lowest BCUT2D eigenvalue weighted by atomic mass is 9.94. The van der Waals surface area contributed by atoms with Crippen molar-refractivity contribution in [3.8, 4) is 0 Å². The first-order valence-electron chi connectivity index (χ1n) is 8.97. The fourth-order valence-electron chi connectivity index (χ4n) is 3.87. The monoisotopic (exact) mass is 342 g/mol. The van der Waals surface area contributed by atoms with Crippen LogP contribution in [0.3, 0.4) is 0 Å². The van der Waals surface area contributed by atoms with Gasteiger partial charge in [0.25, 0.3) is 0 Å². The van der Waals surface area contributed by atoms with Crippen molar-refractivity contribution < 1.29 is 9.21 Å². The Morgan fingerprint density at radius 3 is 2.76 bits per heavy atom. The molecule has 0 aliphatic carbocycles. The molecule has 0 unspecified atom stereocenters. The third-order valence-corrected chi connectivity index (χ3v) is 5.15. The maximum absolute atomic E-state index is 12.0. The van der Waals surface area contributed by atoms with Crippen LogP contribution in [0.5, 0.6) is 0 Å². The summed E-state index contributed by atoms with van der Waals surface area (Å²) in [6.45, 7) is 7.70. The minimum absolute atomic E-state index is 0.258. The minimum atomic E-state index is -0.355. The number of piperidine rings is 1. The Bertz CT molecular complexity index is 854. The Labute approximate surface area is 147 Å². The Kier molecular flexibility index (Phi) is 4.95. The number of rotatable bonds is 4. The molecule has 5 heteroatoms. The molecule has 1 aliphatic rings. The zero-order valence-corrected chi connectivity index (χ0v) is 15.2. The van der Waals surface area contributed by atoms with E-state index in [1.54, 1.807) is 6.07 Å². The Balaban J connectivity index is 2.06. The second-order valence-electron chi connectivity index (χ2n) is 7.33. The van der Waals surface area contributed by atoms with Crippen LogP contribution in [-0.2, 0) is 11.3 Å². The summed E-state index contributed by atoms with van der Waals surface area (Å²) in [5.74, 6) is 0.100. The van der Waals surface area contributed by atoms with Gasteiger partial charge in [-0.25, -0.2) is 4.79 Å². The van der Waals surface area contributed by atoms with Crippen molar-refractivity contribution >= 4 is 16.9 Å². The SMILES string of the molecule is Cc1cc2oc(=O)cc(CN3CCCC[C@@H]3C(N)=O)c2cc1C(C)C. The minimum Gasteiger partial charge on any atom is -0.423 e. The van der Waals surface area contributed by atoms with E-state index in [9.17, 15) is 9.59 Å². The van der Waals surface area contributed by atoms with Gasteiger partial charge in [0, 0.05) is 18.0 Å². The summed E-state index contributed by atoms with van der Waals surface area (Å²) < 4.78 is 5.42. The lowest BCUT2D eigenvalue weighted by molar-refractivity contribution is -0.124. The van der Waals surface area contributed by atoms with Gasteiger partial charge >= 0.3 is 5.63 Å². The number of aryl methyl sites for hydroxylation is 1. The normalized spacial score (nSPS) is 18.8. The highest BCUT2D eigenvalue weighted by molar-refractivity contribution is 5.83. The van der Waals surface area contributed by atoms with E-state index in [2.05, 4.69) is 24.8 Å². The molecule has 1 aromatic heterocycles. The first-order chi connectivity index (χ1) is 11.9. The molecular weight excluding hydrogens is 316 g/mol. The molecule has 1 atom stereocenters. The molecule has 0 spiro atoms. The van der Waals surface area contributed by atoms with Gasteiger partial charge in [-0.3, -0.25) is 9.69 Å². The highest BCUT2D eigenvalue weighted by Crippen LogP contribution is 2.28. The molecule has 1 aliphatic heterocycles. The molecule has 0 radical (unpaired) electrons. The van der Waals surface area contributed by atoms with Gasteiger partial charge in [-0.15, -0.1) is 0 Å². The molecule has 3 rings (SSSR count). The third kappa shape index (κ3) is 3.61. The number of nitrogens with zero attached hydrogens (tertiary/aromatic N) is 1. The molecule has 2 aromatic rings. The summed E-state index contributed by atoms with van der Waals surface area (Å²) in [7, 11) is 0. The summed E-state index contributed by atoms with van der Waals surface area (Å²) in [4.78, 5) is 25.9. The molecule has 134 valence electrons. The predicted molar refractivity (Wildman–Crippen MR) is 98.6 cm³/mol.